The predicted molar refractivity (Wildman–Crippen MR) is 172 cm³/mol. The number of esters is 1. The molecule has 236 valence electrons. The summed E-state index contributed by atoms with van der Waals surface area (Å²) >= 11 is 0. The van der Waals surface area contributed by atoms with Crippen LogP contribution in [-0.2, 0) is 22.6 Å². The van der Waals surface area contributed by atoms with Crippen molar-refractivity contribution in [2.45, 2.75) is 53.8 Å². The van der Waals surface area contributed by atoms with Crippen molar-refractivity contribution in [2.75, 3.05) is 13.2 Å². The number of nitrogens with zero attached hydrogens (tertiary/aromatic N) is 2. The van der Waals surface area contributed by atoms with Crippen molar-refractivity contribution >= 4 is 18.1 Å². The summed E-state index contributed by atoms with van der Waals surface area (Å²) in [5.41, 5.74) is 7.23. The molecule has 10 heteroatoms. The fourth-order valence-electron chi connectivity index (χ4n) is 4.64. The number of hydrazone groups is 1. The minimum absolute atomic E-state index is 0.0963. The molecule has 2 aromatic carbocycles. The molecule has 4 aromatic rings. The minimum Gasteiger partial charge on any atom is -0.490 e. The van der Waals surface area contributed by atoms with Crippen LogP contribution in [0.5, 0.6) is 17.2 Å². The molecule has 0 aliphatic heterocycles. The second kappa shape index (κ2) is 15.5. The van der Waals surface area contributed by atoms with Gasteiger partial charge in [-0.25, -0.2) is 10.2 Å². The van der Waals surface area contributed by atoms with Gasteiger partial charge in [-0.15, -0.1) is 6.58 Å². The number of aryl methyl sites for hydroxylation is 2. The lowest BCUT2D eigenvalue weighted by atomic mass is 10.1. The van der Waals surface area contributed by atoms with E-state index in [1.54, 1.807) is 38.1 Å². The van der Waals surface area contributed by atoms with Gasteiger partial charge in [0, 0.05) is 22.6 Å². The van der Waals surface area contributed by atoms with Gasteiger partial charge in [-0.2, -0.15) is 5.10 Å². The van der Waals surface area contributed by atoms with Gasteiger partial charge < -0.3 is 27.9 Å². The Morgan fingerprint density at radius 2 is 1.73 bits per heavy atom. The number of hydrogen-bond donors (Lipinski definition) is 1. The number of furan rings is 1. The fourth-order valence-corrected chi connectivity index (χ4v) is 4.64. The van der Waals surface area contributed by atoms with E-state index < -0.39 is 11.9 Å². The summed E-state index contributed by atoms with van der Waals surface area (Å²) in [6, 6.07) is 18.7. The first kappa shape index (κ1) is 32.7. The van der Waals surface area contributed by atoms with Crippen LogP contribution in [0.3, 0.4) is 0 Å². The highest BCUT2D eigenvalue weighted by Crippen LogP contribution is 2.33. The number of aromatic nitrogens is 1. The zero-order valence-electron chi connectivity index (χ0n) is 26.3. The van der Waals surface area contributed by atoms with E-state index >= 15 is 0 Å². The molecule has 4 rings (SSSR count). The van der Waals surface area contributed by atoms with Crippen LogP contribution in [0.4, 0.5) is 0 Å². The monoisotopic (exact) mass is 613 g/mol. The van der Waals surface area contributed by atoms with Crippen molar-refractivity contribution in [3.8, 4) is 22.9 Å². The lowest BCUT2D eigenvalue weighted by molar-refractivity contribution is -0.149. The summed E-state index contributed by atoms with van der Waals surface area (Å²) in [5.74, 6) is 1.13. The van der Waals surface area contributed by atoms with E-state index in [0.717, 1.165) is 22.6 Å². The topological polar surface area (TPSA) is 114 Å². The lowest BCUT2D eigenvalue weighted by Gasteiger charge is -2.16. The van der Waals surface area contributed by atoms with E-state index in [2.05, 4.69) is 47.7 Å². The molecule has 10 nitrogen and oxygen atoms in total. The van der Waals surface area contributed by atoms with Crippen LogP contribution in [0, 0.1) is 13.8 Å². The molecule has 0 spiro atoms. The second-order valence-corrected chi connectivity index (χ2v) is 10.5. The number of carbonyl (C=O) groups excluding carboxylic acids is 2. The summed E-state index contributed by atoms with van der Waals surface area (Å²) in [4.78, 5) is 24.7. The third kappa shape index (κ3) is 8.88. The molecular weight excluding hydrogens is 574 g/mol. The summed E-state index contributed by atoms with van der Waals surface area (Å²) in [6.45, 7) is 13.6. The van der Waals surface area contributed by atoms with Gasteiger partial charge in [0.1, 0.15) is 18.1 Å². The first-order chi connectivity index (χ1) is 21.7. The first-order valence-electron chi connectivity index (χ1n) is 14.7. The smallest absolute Gasteiger partial charge is 0.344 e. The van der Waals surface area contributed by atoms with Crippen molar-refractivity contribution in [3.63, 3.8) is 0 Å². The van der Waals surface area contributed by atoms with E-state index in [1.807, 2.05) is 37.3 Å². The molecule has 0 atom stereocenters. The molecule has 0 saturated heterocycles. The van der Waals surface area contributed by atoms with Crippen molar-refractivity contribution in [3.05, 3.63) is 107 Å². The summed E-state index contributed by atoms with van der Waals surface area (Å²) in [6.07, 6.45) is 3.40. The van der Waals surface area contributed by atoms with Crippen LogP contribution in [0.25, 0.3) is 5.69 Å². The van der Waals surface area contributed by atoms with Crippen LogP contribution >= 0.6 is 0 Å². The number of ether oxygens (including phenoxy) is 4. The maximum Gasteiger partial charge on any atom is 0.344 e. The summed E-state index contributed by atoms with van der Waals surface area (Å²) in [5, 5.41) is 4.09. The van der Waals surface area contributed by atoms with E-state index in [9.17, 15) is 9.59 Å². The van der Waals surface area contributed by atoms with E-state index in [4.69, 9.17) is 23.4 Å². The predicted octanol–water partition coefficient (Wildman–Crippen LogP) is 6.49. The molecule has 0 unspecified atom stereocenters. The van der Waals surface area contributed by atoms with Crippen LogP contribution in [0.15, 0.2) is 82.8 Å². The van der Waals surface area contributed by atoms with E-state index in [-0.39, 0.29) is 25.1 Å². The first-order valence-corrected chi connectivity index (χ1v) is 14.7. The molecule has 2 heterocycles. The number of benzene rings is 2. The number of hydrogen-bond acceptors (Lipinski definition) is 8. The van der Waals surface area contributed by atoms with Gasteiger partial charge in [0.05, 0.1) is 18.9 Å². The Labute approximate surface area is 263 Å². The molecule has 0 saturated carbocycles. The normalized spacial score (nSPS) is 11.1. The van der Waals surface area contributed by atoms with E-state index in [0.29, 0.717) is 41.6 Å². The van der Waals surface area contributed by atoms with Crippen molar-refractivity contribution in [1.29, 1.82) is 0 Å². The molecule has 1 amide bonds. The van der Waals surface area contributed by atoms with Crippen molar-refractivity contribution < 1.29 is 33.0 Å². The van der Waals surface area contributed by atoms with Gasteiger partial charge in [0.15, 0.2) is 23.9 Å². The summed E-state index contributed by atoms with van der Waals surface area (Å²) in [7, 11) is 0. The number of nitrogens with one attached hydrogen (secondary N) is 1. The SMILES string of the molecule is C=CCc1cc(/C=N/NC(=O)c2ccc(COc3ccc(-n4c(C)ccc4C)cc3)o2)cc(OCC)c1OCC(=O)OC(C)C. The molecule has 0 bridgehead atoms. The Hall–Kier alpha value is -5.25. The number of carbonyl (C=O) groups is 2. The lowest BCUT2D eigenvalue weighted by Crippen LogP contribution is -2.19. The standard InChI is InChI=1S/C35H39N3O7/c1-7-9-27-18-26(19-32(41-8-2)34(27)43-22-33(39)44-23(3)4)20-36-37-35(40)31-17-16-30(45-31)21-42-29-14-12-28(13-15-29)38-24(5)10-11-25(38)6/h7,10-20,23H,1,8-9,21-22H2,2-6H3,(H,37,40)/b36-20+. The molecule has 0 radical (unpaired) electrons. The van der Waals surface area contributed by atoms with Crippen LogP contribution < -0.4 is 19.6 Å². The highest BCUT2D eigenvalue weighted by Gasteiger charge is 2.16. The van der Waals surface area contributed by atoms with Gasteiger partial charge in [-0.3, -0.25) is 4.79 Å². The number of amides is 1. The Balaban J connectivity index is 1.36. The second-order valence-electron chi connectivity index (χ2n) is 10.5. The Morgan fingerprint density at radius 3 is 2.40 bits per heavy atom. The van der Waals surface area contributed by atoms with Crippen molar-refractivity contribution in [1.82, 2.24) is 9.99 Å². The van der Waals surface area contributed by atoms with E-state index in [1.165, 1.54) is 6.21 Å². The van der Waals surface area contributed by atoms with Crippen LogP contribution in [0.2, 0.25) is 0 Å². The number of rotatable bonds is 15. The molecule has 0 aliphatic carbocycles. The number of allylic oxidation sites excluding steroid dienone is 1. The average Bonchev–Trinajstić information content (AvgIpc) is 3.62. The third-order valence-corrected chi connectivity index (χ3v) is 6.53. The Bertz CT molecular complexity index is 1630. The molecule has 45 heavy (non-hydrogen) atoms. The van der Waals surface area contributed by atoms with Gasteiger partial charge >= 0.3 is 11.9 Å². The zero-order valence-corrected chi connectivity index (χ0v) is 26.3. The highest BCUT2D eigenvalue weighted by atomic mass is 16.6. The third-order valence-electron chi connectivity index (χ3n) is 6.53. The maximum atomic E-state index is 12.7. The summed E-state index contributed by atoms with van der Waals surface area (Å²) < 4.78 is 30.4. The molecule has 1 N–H and O–H groups in total. The van der Waals surface area contributed by atoms with Gasteiger partial charge in [0.25, 0.3) is 0 Å². The molecule has 2 aromatic heterocycles. The quantitative estimate of drug-likeness (QED) is 0.0706. The average molecular weight is 614 g/mol. The maximum absolute atomic E-state index is 12.7. The largest absolute Gasteiger partial charge is 0.490 e. The minimum atomic E-state index is -0.515. The van der Waals surface area contributed by atoms with Crippen molar-refractivity contribution in [2.24, 2.45) is 5.10 Å². The Morgan fingerprint density at radius 1 is 1.00 bits per heavy atom. The highest BCUT2D eigenvalue weighted by molar-refractivity contribution is 5.92. The van der Waals surface area contributed by atoms with Gasteiger partial charge in [0.2, 0.25) is 0 Å². The van der Waals surface area contributed by atoms with Gasteiger partial charge in [-0.1, -0.05) is 6.08 Å². The Kier molecular flexibility index (Phi) is 11.2. The van der Waals surface area contributed by atoms with Crippen LogP contribution in [-0.4, -0.2) is 42.0 Å². The molecule has 0 aliphatic rings. The molecule has 0 fully saturated rings. The fraction of sp³-hybridized carbons (Fsp3) is 0.286. The zero-order chi connectivity index (χ0) is 32.3. The molecular formula is C35H39N3O7. The van der Waals surface area contributed by atoms with Crippen LogP contribution in [0.1, 0.15) is 59.6 Å². The van der Waals surface area contributed by atoms with Gasteiger partial charge in [-0.05, 0) is 107 Å².